The minimum absolute atomic E-state index is 0.0654. The van der Waals surface area contributed by atoms with E-state index in [1.165, 1.54) is 29.6 Å². The van der Waals surface area contributed by atoms with Gasteiger partial charge in [0, 0.05) is 25.4 Å². The number of hydrogen-bond acceptors (Lipinski definition) is 4. The van der Waals surface area contributed by atoms with Crippen molar-refractivity contribution in [3.63, 3.8) is 0 Å². The van der Waals surface area contributed by atoms with E-state index < -0.39 is 5.97 Å². The lowest BCUT2D eigenvalue weighted by molar-refractivity contribution is 0.0697. The highest BCUT2D eigenvalue weighted by molar-refractivity contribution is 5.87. The number of carboxylic acid groups (broad SMARTS) is 1. The monoisotopic (exact) mass is 329 g/mol. The lowest BCUT2D eigenvalue weighted by Crippen LogP contribution is -2.30. The summed E-state index contributed by atoms with van der Waals surface area (Å²) in [5.74, 6) is -0.991. The molecule has 0 radical (unpaired) electrons. The Morgan fingerprint density at radius 3 is 2.75 bits per heavy atom. The highest BCUT2D eigenvalue weighted by atomic mass is 19.1. The normalized spacial score (nSPS) is 15.1. The quantitative estimate of drug-likeness (QED) is 0.771. The van der Waals surface area contributed by atoms with Gasteiger partial charge in [-0.3, -0.25) is 0 Å². The van der Waals surface area contributed by atoms with Crippen molar-refractivity contribution in [2.24, 2.45) is 0 Å². The number of hydrogen-bond donors (Lipinski definition) is 2. The first-order valence-corrected chi connectivity index (χ1v) is 7.84. The smallest absolute Gasteiger partial charge is 0.338 e. The Balaban J connectivity index is 1.73. The molecule has 0 bridgehead atoms. The fourth-order valence-electron chi connectivity index (χ4n) is 3.04. The number of fused-ring (bicyclic) bond motifs is 1. The van der Waals surface area contributed by atoms with E-state index in [0.29, 0.717) is 22.7 Å². The number of piperidine rings is 1. The molecule has 0 aliphatic carbocycles. The molecule has 1 fully saturated rings. The number of nitrogens with zero attached hydrogens (tertiary/aromatic N) is 4. The third-order valence-corrected chi connectivity index (χ3v) is 4.28. The molecule has 2 N–H and O–H groups in total. The number of carbonyl (C=O) groups is 1. The Labute approximate surface area is 136 Å². The van der Waals surface area contributed by atoms with Gasteiger partial charge in [-0.15, -0.1) is 0 Å². The molecule has 1 aliphatic rings. The van der Waals surface area contributed by atoms with Crippen LogP contribution in [0.2, 0.25) is 0 Å². The first-order chi connectivity index (χ1) is 11.6. The zero-order chi connectivity index (χ0) is 16.7. The maximum absolute atomic E-state index is 14.4. The highest BCUT2D eigenvalue weighted by Gasteiger charge is 2.18. The van der Waals surface area contributed by atoms with Crippen molar-refractivity contribution >= 4 is 22.7 Å². The Kier molecular flexibility index (Phi) is 3.44. The number of aromatic nitrogens is 4. The van der Waals surface area contributed by atoms with Crippen molar-refractivity contribution in [2.75, 3.05) is 18.0 Å². The molecular weight excluding hydrogens is 313 g/mol. The summed E-state index contributed by atoms with van der Waals surface area (Å²) in [6, 6.07) is 3.16. The molecule has 0 spiro atoms. The average molecular weight is 329 g/mol. The molecule has 0 unspecified atom stereocenters. The van der Waals surface area contributed by atoms with Crippen LogP contribution in [-0.2, 0) is 0 Å². The Bertz CT molecular complexity index is 910. The molecule has 2 aromatic heterocycles. The number of rotatable bonds is 3. The second-order valence-corrected chi connectivity index (χ2v) is 5.91. The fraction of sp³-hybridized carbons (Fsp3) is 0.312. The SMILES string of the molecule is O=C(O)c1cnn(-c2nc3cc(N4CCCCC4)c(F)cc3[nH]2)c1. The molecule has 1 aromatic carbocycles. The Morgan fingerprint density at radius 1 is 1.25 bits per heavy atom. The zero-order valence-electron chi connectivity index (χ0n) is 12.9. The molecule has 8 heteroatoms. The molecule has 124 valence electrons. The van der Waals surface area contributed by atoms with E-state index in [2.05, 4.69) is 15.1 Å². The van der Waals surface area contributed by atoms with Gasteiger partial charge in [-0.05, 0) is 25.3 Å². The molecule has 0 saturated carbocycles. The van der Waals surface area contributed by atoms with Crippen LogP contribution < -0.4 is 4.90 Å². The van der Waals surface area contributed by atoms with Gasteiger partial charge >= 0.3 is 5.97 Å². The summed E-state index contributed by atoms with van der Waals surface area (Å²) in [4.78, 5) is 20.4. The van der Waals surface area contributed by atoms with Gasteiger partial charge in [0.15, 0.2) is 0 Å². The van der Waals surface area contributed by atoms with Crippen molar-refractivity contribution in [3.05, 3.63) is 35.9 Å². The van der Waals surface area contributed by atoms with Crippen LogP contribution in [0.25, 0.3) is 17.0 Å². The van der Waals surface area contributed by atoms with Crippen LogP contribution >= 0.6 is 0 Å². The van der Waals surface area contributed by atoms with Gasteiger partial charge < -0.3 is 15.0 Å². The second-order valence-electron chi connectivity index (χ2n) is 5.91. The lowest BCUT2D eigenvalue weighted by atomic mass is 10.1. The van der Waals surface area contributed by atoms with Gasteiger partial charge in [-0.2, -0.15) is 5.10 Å². The maximum atomic E-state index is 14.4. The number of anilines is 1. The minimum Gasteiger partial charge on any atom is -0.478 e. The van der Waals surface area contributed by atoms with Crippen LogP contribution in [0.4, 0.5) is 10.1 Å². The molecule has 0 atom stereocenters. The van der Waals surface area contributed by atoms with E-state index in [1.807, 2.05) is 4.90 Å². The van der Waals surface area contributed by atoms with Crippen LogP contribution in [0, 0.1) is 5.82 Å². The van der Waals surface area contributed by atoms with Crippen molar-refractivity contribution < 1.29 is 14.3 Å². The van der Waals surface area contributed by atoms with Crippen molar-refractivity contribution in [1.29, 1.82) is 0 Å². The number of H-pyrrole nitrogens is 1. The molecule has 4 rings (SSSR count). The number of aromatic carboxylic acids is 1. The van der Waals surface area contributed by atoms with Gasteiger partial charge in [0.25, 0.3) is 0 Å². The third kappa shape index (κ3) is 2.49. The predicted molar refractivity (Wildman–Crippen MR) is 86.2 cm³/mol. The van der Waals surface area contributed by atoms with Crippen LogP contribution in [0.5, 0.6) is 0 Å². The summed E-state index contributed by atoms with van der Waals surface area (Å²) in [7, 11) is 0. The van der Waals surface area contributed by atoms with Crippen molar-refractivity contribution in [2.45, 2.75) is 19.3 Å². The summed E-state index contributed by atoms with van der Waals surface area (Å²) >= 11 is 0. The summed E-state index contributed by atoms with van der Waals surface area (Å²) < 4.78 is 15.8. The molecule has 1 saturated heterocycles. The van der Waals surface area contributed by atoms with Crippen molar-refractivity contribution in [3.8, 4) is 5.95 Å². The first kappa shape index (κ1) is 14.7. The van der Waals surface area contributed by atoms with E-state index in [1.54, 1.807) is 6.07 Å². The lowest BCUT2D eigenvalue weighted by Gasteiger charge is -2.29. The Hall–Kier alpha value is -2.90. The summed E-state index contributed by atoms with van der Waals surface area (Å²) in [5.41, 5.74) is 1.80. The molecule has 24 heavy (non-hydrogen) atoms. The van der Waals surface area contributed by atoms with E-state index in [-0.39, 0.29) is 11.4 Å². The number of benzene rings is 1. The van der Waals surface area contributed by atoms with Gasteiger partial charge in [0.1, 0.15) is 5.82 Å². The number of aromatic amines is 1. The molecule has 3 aromatic rings. The van der Waals surface area contributed by atoms with E-state index in [9.17, 15) is 9.18 Å². The average Bonchev–Trinajstić information content (AvgIpc) is 3.21. The second kappa shape index (κ2) is 5.63. The van der Waals surface area contributed by atoms with Crippen LogP contribution in [-0.4, -0.2) is 43.9 Å². The predicted octanol–water partition coefficient (Wildman–Crippen LogP) is 2.58. The van der Waals surface area contributed by atoms with Gasteiger partial charge in [-0.1, -0.05) is 0 Å². The topological polar surface area (TPSA) is 87.0 Å². The molecule has 7 nitrogen and oxygen atoms in total. The van der Waals surface area contributed by atoms with Crippen LogP contribution in [0.1, 0.15) is 29.6 Å². The fourth-order valence-corrected chi connectivity index (χ4v) is 3.04. The van der Waals surface area contributed by atoms with E-state index >= 15 is 0 Å². The summed E-state index contributed by atoms with van der Waals surface area (Å²) in [5, 5.41) is 12.9. The third-order valence-electron chi connectivity index (χ3n) is 4.28. The van der Waals surface area contributed by atoms with Crippen LogP contribution in [0.3, 0.4) is 0 Å². The number of carboxylic acids is 1. The standard InChI is InChI=1S/C16H16FN5O2/c17-11-6-12-13(7-14(11)21-4-2-1-3-5-21)20-16(19-12)22-9-10(8-18-22)15(23)24/h6-9H,1-5H2,(H,19,20)(H,23,24). The number of imidazole rings is 1. The zero-order valence-corrected chi connectivity index (χ0v) is 12.9. The molecule has 1 aliphatic heterocycles. The summed E-state index contributed by atoms with van der Waals surface area (Å²) in [6.45, 7) is 1.70. The van der Waals surface area contributed by atoms with Crippen LogP contribution in [0.15, 0.2) is 24.5 Å². The number of nitrogens with one attached hydrogen (secondary N) is 1. The van der Waals surface area contributed by atoms with E-state index in [0.717, 1.165) is 25.9 Å². The molecule has 3 heterocycles. The minimum atomic E-state index is -1.06. The maximum Gasteiger partial charge on any atom is 0.338 e. The van der Waals surface area contributed by atoms with Crippen molar-refractivity contribution in [1.82, 2.24) is 19.7 Å². The van der Waals surface area contributed by atoms with E-state index in [4.69, 9.17) is 5.11 Å². The molecular formula is C16H16FN5O2. The van der Waals surface area contributed by atoms with Gasteiger partial charge in [-0.25, -0.2) is 18.9 Å². The van der Waals surface area contributed by atoms with Gasteiger partial charge in [0.05, 0.1) is 28.5 Å². The number of halogens is 1. The first-order valence-electron chi connectivity index (χ1n) is 7.84. The molecule has 0 amide bonds. The largest absolute Gasteiger partial charge is 0.478 e. The summed E-state index contributed by atoms with van der Waals surface area (Å²) in [6.07, 6.45) is 5.92. The Morgan fingerprint density at radius 2 is 2.04 bits per heavy atom. The highest BCUT2D eigenvalue weighted by Crippen LogP contribution is 2.27. The van der Waals surface area contributed by atoms with Gasteiger partial charge in [0.2, 0.25) is 5.95 Å².